The average molecular weight is 220 g/mol. The highest BCUT2D eigenvalue weighted by Gasteiger charge is 2.14. The molecule has 88 valence electrons. The highest BCUT2D eigenvalue weighted by atomic mass is 16.5. The van der Waals surface area contributed by atoms with Crippen LogP contribution in [0.1, 0.15) is 43.9 Å². The van der Waals surface area contributed by atoms with Crippen molar-refractivity contribution < 1.29 is 9.84 Å². The van der Waals surface area contributed by atoms with E-state index in [2.05, 4.69) is 19.9 Å². The molecule has 0 bridgehead atoms. The van der Waals surface area contributed by atoms with Gasteiger partial charge in [0.2, 0.25) is 0 Å². The van der Waals surface area contributed by atoms with Gasteiger partial charge < -0.3 is 9.84 Å². The summed E-state index contributed by atoms with van der Waals surface area (Å²) in [6.45, 7) is 5.08. The van der Waals surface area contributed by atoms with Gasteiger partial charge in [-0.05, 0) is 48.4 Å². The predicted octanol–water partition coefficient (Wildman–Crippen LogP) is 3.09. The third-order valence-corrected chi connectivity index (χ3v) is 3.01. The van der Waals surface area contributed by atoms with E-state index in [1.54, 1.807) is 0 Å². The number of aliphatic hydroxyl groups is 1. The molecule has 0 aliphatic carbocycles. The number of rotatable bonds is 3. The molecule has 0 saturated heterocycles. The van der Waals surface area contributed by atoms with E-state index < -0.39 is 0 Å². The third kappa shape index (κ3) is 2.56. The summed E-state index contributed by atoms with van der Waals surface area (Å²) >= 11 is 0. The monoisotopic (exact) mass is 220 g/mol. The zero-order chi connectivity index (χ0) is 11.5. The summed E-state index contributed by atoms with van der Waals surface area (Å²) in [4.78, 5) is 0. The van der Waals surface area contributed by atoms with Crippen molar-refractivity contribution in [3.8, 4) is 5.75 Å². The van der Waals surface area contributed by atoms with Gasteiger partial charge in [-0.25, -0.2) is 0 Å². The molecule has 0 amide bonds. The van der Waals surface area contributed by atoms with Crippen molar-refractivity contribution in [1.82, 2.24) is 0 Å². The second-order valence-electron chi connectivity index (χ2n) is 4.96. The normalized spacial score (nSPS) is 16.8. The molecule has 2 nitrogen and oxygen atoms in total. The largest absolute Gasteiger partial charge is 0.493 e. The SMILES string of the molecule is CC(C)CC(O)c1ccc2c(c1)CCCO2. The Kier molecular flexibility index (Phi) is 3.49. The Morgan fingerprint density at radius 3 is 2.94 bits per heavy atom. The molecule has 2 heteroatoms. The number of ether oxygens (including phenoxy) is 1. The number of benzene rings is 1. The summed E-state index contributed by atoms with van der Waals surface area (Å²) in [5.74, 6) is 1.51. The molecule has 1 aromatic carbocycles. The van der Waals surface area contributed by atoms with Crippen LogP contribution in [0.15, 0.2) is 18.2 Å². The first kappa shape index (κ1) is 11.5. The van der Waals surface area contributed by atoms with Gasteiger partial charge in [0.25, 0.3) is 0 Å². The Morgan fingerprint density at radius 1 is 1.38 bits per heavy atom. The van der Waals surface area contributed by atoms with Crippen LogP contribution in [0.4, 0.5) is 0 Å². The van der Waals surface area contributed by atoms with E-state index >= 15 is 0 Å². The van der Waals surface area contributed by atoms with Crippen molar-refractivity contribution >= 4 is 0 Å². The van der Waals surface area contributed by atoms with Crippen LogP contribution in [0, 0.1) is 5.92 Å². The van der Waals surface area contributed by atoms with E-state index in [-0.39, 0.29) is 6.10 Å². The van der Waals surface area contributed by atoms with Gasteiger partial charge in [-0.2, -0.15) is 0 Å². The van der Waals surface area contributed by atoms with Gasteiger partial charge >= 0.3 is 0 Å². The summed E-state index contributed by atoms with van der Waals surface area (Å²) in [7, 11) is 0. The van der Waals surface area contributed by atoms with Gasteiger partial charge in [-0.15, -0.1) is 0 Å². The lowest BCUT2D eigenvalue weighted by molar-refractivity contribution is 0.150. The number of aryl methyl sites for hydroxylation is 1. The molecule has 16 heavy (non-hydrogen) atoms. The lowest BCUT2D eigenvalue weighted by Gasteiger charge is -2.20. The molecule has 0 radical (unpaired) electrons. The van der Waals surface area contributed by atoms with Crippen molar-refractivity contribution in [3.63, 3.8) is 0 Å². The Hall–Kier alpha value is -1.02. The standard InChI is InChI=1S/C14H20O2/c1-10(2)8-13(15)11-5-6-14-12(9-11)4-3-7-16-14/h5-6,9-10,13,15H,3-4,7-8H2,1-2H3. The van der Waals surface area contributed by atoms with Crippen LogP contribution in [0.3, 0.4) is 0 Å². The molecule has 0 saturated carbocycles. The van der Waals surface area contributed by atoms with Crippen LogP contribution in [0.25, 0.3) is 0 Å². The molecule has 0 spiro atoms. The lowest BCUT2D eigenvalue weighted by atomic mass is 9.96. The van der Waals surface area contributed by atoms with Crippen LogP contribution in [0.5, 0.6) is 5.75 Å². The predicted molar refractivity (Wildman–Crippen MR) is 64.7 cm³/mol. The highest BCUT2D eigenvalue weighted by Crippen LogP contribution is 2.29. The van der Waals surface area contributed by atoms with Crippen LogP contribution < -0.4 is 4.74 Å². The first-order chi connectivity index (χ1) is 7.66. The molecule has 0 fully saturated rings. The zero-order valence-electron chi connectivity index (χ0n) is 10.1. The van der Waals surface area contributed by atoms with Crippen molar-refractivity contribution in [1.29, 1.82) is 0 Å². The van der Waals surface area contributed by atoms with E-state index in [9.17, 15) is 5.11 Å². The molecule has 1 N–H and O–H groups in total. The lowest BCUT2D eigenvalue weighted by Crippen LogP contribution is -2.10. The Morgan fingerprint density at radius 2 is 2.19 bits per heavy atom. The molecule has 1 aromatic rings. The van der Waals surface area contributed by atoms with Crippen LogP contribution in [-0.2, 0) is 6.42 Å². The van der Waals surface area contributed by atoms with Crippen molar-refractivity contribution in [2.24, 2.45) is 5.92 Å². The first-order valence-electron chi connectivity index (χ1n) is 6.10. The minimum atomic E-state index is -0.341. The maximum absolute atomic E-state index is 10.1. The van der Waals surface area contributed by atoms with Crippen LogP contribution in [0.2, 0.25) is 0 Å². The zero-order valence-corrected chi connectivity index (χ0v) is 10.1. The first-order valence-corrected chi connectivity index (χ1v) is 6.10. The molecule has 1 aliphatic heterocycles. The molecule has 0 aromatic heterocycles. The van der Waals surface area contributed by atoms with Gasteiger partial charge in [0.05, 0.1) is 12.7 Å². The molecule has 1 heterocycles. The Labute approximate surface area is 97.3 Å². The molecule has 1 atom stereocenters. The Balaban J connectivity index is 2.16. The van der Waals surface area contributed by atoms with Gasteiger partial charge in [0.1, 0.15) is 5.75 Å². The number of aliphatic hydroxyl groups excluding tert-OH is 1. The summed E-state index contributed by atoms with van der Waals surface area (Å²) in [6.07, 6.45) is 2.63. The second kappa shape index (κ2) is 4.88. The highest BCUT2D eigenvalue weighted by molar-refractivity contribution is 5.39. The van der Waals surface area contributed by atoms with Crippen molar-refractivity contribution in [3.05, 3.63) is 29.3 Å². The molecule has 1 unspecified atom stereocenters. The smallest absolute Gasteiger partial charge is 0.122 e. The minimum absolute atomic E-state index is 0.341. The van der Waals surface area contributed by atoms with Gasteiger partial charge in [0, 0.05) is 0 Å². The van der Waals surface area contributed by atoms with E-state index in [1.807, 2.05) is 12.1 Å². The molecule has 2 rings (SSSR count). The van der Waals surface area contributed by atoms with Crippen LogP contribution in [-0.4, -0.2) is 11.7 Å². The summed E-state index contributed by atoms with van der Waals surface area (Å²) in [6, 6.07) is 6.08. The number of hydrogen-bond donors (Lipinski definition) is 1. The topological polar surface area (TPSA) is 29.5 Å². The summed E-state index contributed by atoms with van der Waals surface area (Å²) in [5, 5.41) is 10.1. The third-order valence-electron chi connectivity index (χ3n) is 3.01. The number of hydrogen-bond acceptors (Lipinski definition) is 2. The van der Waals surface area contributed by atoms with E-state index in [0.717, 1.165) is 37.2 Å². The average Bonchev–Trinajstić information content (AvgIpc) is 2.27. The fraction of sp³-hybridized carbons (Fsp3) is 0.571. The van der Waals surface area contributed by atoms with Gasteiger partial charge in [-0.1, -0.05) is 19.9 Å². The van der Waals surface area contributed by atoms with Gasteiger partial charge in [-0.3, -0.25) is 0 Å². The minimum Gasteiger partial charge on any atom is -0.493 e. The van der Waals surface area contributed by atoms with Crippen molar-refractivity contribution in [2.75, 3.05) is 6.61 Å². The summed E-state index contributed by atoms with van der Waals surface area (Å²) in [5.41, 5.74) is 2.27. The Bertz CT molecular complexity index is 358. The maximum atomic E-state index is 10.1. The van der Waals surface area contributed by atoms with E-state index in [0.29, 0.717) is 5.92 Å². The van der Waals surface area contributed by atoms with E-state index in [4.69, 9.17) is 4.74 Å². The fourth-order valence-corrected chi connectivity index (χ4v) is 2.17. The molecule has 1 aliphatic rings. The maximum Gasteiger partial charge on any atom is 0.122 e. The fourth-order valence-electron chi connectivity index (χ4n) is 2.17. The molecular weight excluding hydrogens is 200 g/mol. The number of fused-ring (bicyclic) bond motifs is 1. The summed E-state index contributed by atoms with van der Waals surface area (Å²) < 4.78 is 5.56. The van der Waals surface area contributed by atoms with Gasteiger partial charge in [0.15, 0.2) is 0 Å². The van der Waals surface area contributed by atoms with Crippen LogP contribution >= 0.6 is 0 Å². The quantitative estimate of drug-likeness (QED) is 0.848. The second-order valence-corrected chi connectivity index (χ2v) is 4.96. The van der Waals surface area contributed by atoms with E-state index in [1.165, 1.54) is 5.56 Å². The van der Waals surface area contributed by atoms with Crippen molar-refractivity contribution in [2.45, 2.75) is 39.2 Å². The molecular formula is C14H20O2.